The Hall–Kier alpha value is -6.52. The van der Waals surface area contributed by atoms with Gasteiger partial charge in [0.15, 0.2) is 0 Å². The molecule has 9 rings (SSSR count). The molecule has 0 atom stereocenters. The summed E-state index contributed by atoms with van der Waals surface area (Å²) >= 11 is 0. The molecule has 7 aromatic carbocycles. The maximum absolute atomic E-state index is 4.82. The van der Waals surface area contributed by atoms with Crippen molar-refractivity contribution >= 4 is 77.5 Å². The molecule has 2 aromatic heterocycles. The first kappa shape index (κ1) is 29.6. The van der Waals surface area contributed by atoms with Crippen LogP contribution in [0.15, 0.2) is 170 Å². The smallest absolute Gasteiger partial charge is 0.137 e. The van der Waals surface area contributed by atoms with Crippen molar-refractivity contribution in [3.63, 3.8) is 0 Å². The molecule has 0 bridgehead atoms. The first-order valence-corrected chi connectivity index (χ1v) is 17.0. The Morgan fingerprint density at radius 2 is 0.780 bits per heavy atom. The summed E-state index contributed by atoms with van der Waals surface area (Å²) in [5, 5.41) is 9.71. The second-order valence-electron chi connectivity index (χ2n) is 12.8. The largest absolute Gasteiger partial charge is 0.294 e. The Labute approximate surface area is 291 Å². The maximum atomic E-state index is 4.82. The first-order valence-electron chi connectivity index (χ1n) is 17.0. The fraction of sp³-hybridized carbons (Fsp3) is 0.0435. The van der Waals surface area contributed by atoms with E-state index in [2.05, 4.69) is 169 Å². The van der Waals surface area contributed by atoms with Crippen molar-refractivity contribution in [1.82, 2.24) is 9.97 Å². The fourth-order valence-electron chi connectivity index (χ4n) is 7.48. The fourth-order valence-corrected chi connectivity index (χ4v) is 7.48. The molecule has 0 spiro atoms. The minimum atomic E-state index is 0.881. The molecule has 0 aliphatic heterocycles. The second kappa shape index (κ2) is 12.2. The van der Waals surface area contributed by atoms with Gasteiger partial charge in [-0.25, -0.2) is 9.97 Å². The lowest BCUT2D eigenvalue weighted by molar-refractivity contribution is 1.19. The molecular weight excluding hydrogens is 609 g/mol. The standard InChI is InChI=1S/C46H34N4/c1-31-37-25-23-36(50(46-22-8-10-28-48-46)44-20-12-16-34-14-4-6-18-40(34)44)30-42(37)32(2)38-26-24-35(29-41(31)38)49(45-21-7-9-27-47-45)43-19-11-15-33-13-3-5-17-39(33)43/h3-30H,1-2H3. The molecule has 0 saturated carbocycles. The van der Waals surface area contributed by atoms with Gasteiger partial charge in [0.2, 0.25) is 0 Å². The van der Waals surface area contributed by atoms with E-state index in [4.69, 9.17) is 9.97 Å². The van der Waals surface area contributed by atoms with E-state index in [1.807, 2.05) is 24.5 Å². The number of benzene rings is 7. The third-order valence-corrected chi connectivity index (χ3v) is 9.91. The van der Waals surface area contributed by atoms with Crippen molar-refractivity contribution in [3.05, 3.63) is 181 Å². The monoisotopic (exact) mass is 642 g/mol. The van der Waals surface area contributed by atoms with Crippen molar-refractivity contribution in [2.24, 2.45) is 0 Å². The summed E-state index contributed by atoms with van der Waals surface area (Å²) in [6, 6.07) is 55.9. The Morgan fingerprint density at radius 1 is 0.360 bits per heavy atom. The van der Waals surface area contributed by atoms with Crippen LogP contribution in [0, 0.1) is 13.8 Å². The van der Waals surface area contributed by atoms with E-state index in [-0.39, 0.29) is 0 Å². The zero-order chi connectivity index (χ0) is 33.6. The van der Waals surface area contributed by atoms with E-state index < -0.39 is 0 Å². The van der Waals surface area contributed by atoms with Crippen LogP contribution in [0.3, 0.4) is 0 Å². The predicted octanol–water partition coefficient (Wildman–Crippen LogP) is 12.6. The molecule has 0 fully saturated rings. The molecule has 9 aromatic rings. The molecular formula is C46H34N4. The topological polar surface area (TPSA) is 32.3 Å². The third-order valence-electron chi connectivity index (χ3n) is 9.91. The van der Waals surface area contributed by atoms with Crippen LogP contribution in [0.4, 0.5) is 34.4 Å². The minimum Gasteiger partial charge on any atom is -0.294 e. The van der Waals surface area contributed by atoms with Crippen LogP contribution < -0.4 is 9.80 Å². The second-order valence-corrected chi connectivity index (χ2v) is 12.8. The van der Waals surface area contributed by atoms with E-state index >= 15 is 0 Å². The number of fused-ring (bicyclic) bond motifs is 4. The van der Waals surface area contributed by atoms with Gasteiger partial charge in [-0.1, -0.05) is 97.1 Å². The van der Waals surface area contributed by atoms with Crippen LogP contribution in [0.25, 0.3) is 43.1 Å². The van der Waals surface area contributed by atoms with Gasteiger partial charge < -0.3 is 0 Å². The van der Waals surface area contributed by atoms with Gasteiger partial charge in [0, 0.05) is 34.5 Å². The van der Waals surface area contributed by atoms with Crippen LogP contribution in [-0.2, 0) is 0 Å². The SMILES string of the molecule is Cc1c2ccc(N(c3ccccn3)c3cccc4ccccc34)cc2c(C)c2ccc(N(c3ccccn3)c3cccc4ccccc34)cc12. The molecule has 4 nitrogen and oxygen atoms in total. The van der Waals surface area contributed by atoms with Crippen LogP contribution >= 0.6 is 0 Å². The first-order chi connectivity index (χ1) is 24.7. The Kier molecular flexibility index (Phi) is 7.21. The van der Waals surface area contributed by atoms with Crippen LogP contribution in [0.2, 0.25) is 0 Å². The zero-order valence-electron chi connectivity index (χ0n) is 28.0. The summed E-state index contributed by atoms with van der Waals surface area (Å²) in [5.74, 6) is 1.76. The van der Waals surface area contributed by atoms with Gasteiger partial charge >= 0.3 is 0 Å². The maximum Gasteiger partial charge on any atom is 0.137 e. The van der Waals surface area contributed by atoms with E-state index in [1.54, 1.807) is 0 Å². The summed E-state index contributed by atoms with van der Waals surface area (Å²) in [6.45, 7) is 4.50. The molecule has 4 heteroatoms. The van der Waals surface area contributed by atoms with E-state index in [9.17, 15) is 0 Å². The molecule has 0 N–H and O–H groups in total. The lowest BCUT2D eigenvalue weighted by atomic mass is 9.92. The molecule has 238 valence electrons. The Balaban J connectivity index is 1.23. The zero-order valence-corrected chi connectivity index (χ0v) is 28.0. The number of nitrogens with zero attached hydrogens (tertiary/aromatic N) is 4. The van der Waals surface area contributed by atoms with Crippen molar-refractivity contribution < 1.29 is 0 Å². The molecule has 0 aliphatic rings. The molecule has 0 saturated heterocycles. The molecule has 0 aliphatic carbocycles. The average Bonchev–Trinajstić information content (AvgIpc) is 3.18. The van der Waals surface area contributed by atoms with Gasteiger partial charge in [0.05, 0.1) is 11.4 Å². The molecule has 0 amide bonds. The van der Waals surface area contributed by atoms with Crippen molar-refractivity contribution in [2.45, 2.75) is 13.8 Å². The molecule has 0 unspecified atom stereocenters. The van der Waals surface area contributed by atoms with Gasteiger partial charge in [0.25, 0.3) is 0 Å². The Bertz CT molecular complexity index is 2490. The summed E-state index contributed by atoms with van der Waals surface area (Å²) in [5.41, 5.74) is 6.85. The molecule has 2 heterocycles. The quantitative estimate of drug-likeness (QED) is 0.169. The van der Waals surface area contributed by atoms with Crippen molar-refractivity contribution in [2.75, 3.05) is 9.80 Å². The van der Waals surface area contributed by atoms with Gasteiger partial charge in [-0.3, -0.25) is 9.80 Å². The van der Waals surface area contributed by atoms with Gasteiger partial charge in [-0.15, -0.1) is 0 Å². The molecule has 50 heavy (non-hydrogen) atoms. The number of hydrogen-bond donors (Lipinski definition) is 0. The Morgan fingerprint density at radius 3 is 1.22 bits per heavy atom. The van der Waals surface area contributed by atoms with E-state index in [1.165, 1.54) is 54.2 Å². The number of hydrogen-bond acceptors (Lipinski definition) is 4. The third kappa shape index (κ3) is 4.92. The van der Waals surface area contributed by atoms with Gasteiger partial charge in [-0.05, 0) is 118 Å². The number of rotatable bonds is 6. The van der Waals surface area contributed by atoms with E-state index in [0.717, 1.165) is 34.4 Å². The van der Waals surface area contributed by atoms with Crippen LogP contribution in [0.5, 0.6) is 0 Å². The molecule has 0 radical (unpaired) electrons. The summed E-state index contributed by atoms with van der Waals surface area (Å²) < 4.78 is 0. The highest BCUT2D eigenvalue weighted by Crippen LogP contribution is 2.43. The number of aryl methyl sites for hydroxylation is 2. The van der Waals surface area contributed by atoms with Crippen molar-refractivity contribution in [1.29, 1.82) is 0 Å². The minimum absolute atomic E-state index is 0.881. The normalized spacial score (nSPS) is 11.4. The number of anilines is 6. The highest BCUT2D eigenvalue weighted by molar-refractivity contribution is 6.09. The van der Waals surface area contributed by atoms with Gasteiger partial charge in [-0.2, -0.15) is 0 Å². The van der Waals surface area contributed by atoms with Crippen LogP contribution in [-0.4, -0.2) is 9.97 Å². The summed E-state index contributed by atoms with van der Waals surface area (Å²) in [7, 11) is 0. The van der Waals surface area contributed by atoms with Gasteiger partial charge in [0.1, 0.15) is 11.6 Å². The predicted molar refractivity (Wildman–Crippen MR) is 211 cm³/mol. The number of aromatic nitrogens is 2. The lowest BCUT2D eigenvalue weighted by Crippen LogP contribution is -2.12. The average molecular weight is 643 g/mol. The summed E-state index contributed by atoms with van der Waals surface area (Å²) in [4.78, 5) is 14.2. The van der Waals surface area contributed by atoms with Crippen LogP contribution in [0.1, 0.15) is 11.1 Å². The highest BCUT2D eigenvalue weighted by Gasteiger charge is 2.20. The van der Waals surface area contributed by atoms with E-state index in [0.29, 0.717) is 0 Å². The summed E-state index contributed by atoms with van der Waals surface area (Å²) in [6.07, 6.45) is 3.73. The number of pyridine rings is 2. The highest BCUT2D eigenvalue weighted by atomic mass is 15.2. The van der Waals surface area contributed by atoms with Crippen molar-refractivity contribution in [3.8, 4) is 0 Å². The lowest BCUT2D eigenvalue weighted by Gasteiger charge is -2.27.